The first kappa shape index (κ1) is 11.4. The summed E-state index contributed by atoms with van der Waals surface area (Å²) >= 11 is 3.97. The van der Waals surface area contributed by atoms with Crippen molar-refractivity contribution in [3.63, 3.8) is 0 Å². The van der Waals surface area contributed by atoms with Crippen LogP contribution in [0.25, 0.3) is 0 Å². The van der Waals surface area contributed by atoms with E-state index in [4.69, 9.17) is 5.73 Å². The molecular formula is C8H15N3O2S. The third kappa shape index (κ3) is 2.20. The second-order valence-electron chi connectivity index (χ2n) is 3.13. The Morgan fingerprint density at radius 3 is 2.71 bits per heavy atom. The van der Waals surface area contributed by atoms with Crippen LogP contribution in [0.3, 0.4) is 0 Å². The smallest absolute Gasteiger partial charge is 0.127 e. The highest BCUT2D eigenvalue weighted by molar-refractivity contribution is 7.80. The molecule has 1 rings (SSSR count). The monoisotopic (exact) mass is 217 g/mol. The summed E-state index contributed by atoms with van der Waals surface area (Å²) in [6.07, 6.45) is 0.0372. The highest BCUT2D eigenvalue weighted by Crippen LogP contribution is 2.23. The van der Waals surface area contributed by atoms with Crippen LogP contribution < -0.4 is 5.73 Å². The lowest BCUT2D eigenvalue weighted by Crippen LogP contribution is -2.19. The second kappa shape index (κ2) is 4.68. The SMILES string of the molecule is Cn1ncc(C(O)C(O)CCS)c1N. The predicted octanol–water partition coefficient (Wildman–Crippen LogP) is -0.284. The highest BCUT2D eigenvalue weighted by Gasteiger charge is 2.21. The van der Waals surface area contributed by atoms with Crippen LogP contribution in [0, 0.1) is 0 Å². The maximum Gasteiger partial charge on any atom is 0.127 e. The fraction of sp³-hybridized carbons (Fsp3) is 0.625. The predicted molar refractivity (Wildman–Crippen MR) is 57.1 cm³/mol. The van der Waals surface area contributed by atoms with Crippen molar-refractivity contribution in [2.24, 2.45) is 7.05 Å². The molecule has 0 aliphatic carbocycles. The molecule has 0 saturated heterocycles. The third-order valence-corrected chi connectivity index (χ3v) is 2.38. The van der Waals surface area contributed by atoms with Gasteiger partial charge in [-0.3, -0.25) is 4.68 Å². The van der Waals surface area contributed by atoms with Crippen LogP contribution in [0.2, 0.25) is 0 Å². The van der Waals surface area contributed by atoms with Crippen molar-refractivity contribution in [2.75, 3.05) is 11.5 Å². The van der Waals surface area contributed by atoms with Gasteiger partial charge < -0.3 is 15.9 Å². The summed E-state index contributed by atoms with van der Waals surface area (Å²) < 4.78 is 1.45. The van der Waals surface area contributed by atoms with Crippen molar-refractivity contribution in [3.05, 3.63) is 11.8 Å². The zero-order valence-corrected chi connectivity index (χ0v) is 8.85. The Morgan fingerprint density at radius 2 is 2.29 bits per heavy atom. The molecular weight excluding hydrogens is 202 g/mol. The highest BCUT2D eigenvalue weighted by atomic mass is 32.1. The van der Waals surface area contributed by atoms with E-state index in [9.17, 15) is 10.2 Å². The molecule has 0 saturated carbocycles. The quantitative estimate of drug-likeness (QED) is 0.522. The molecule has 4 N–H and O–H groups in total. The maximum absolute atomic E-state index is 9.70. The molecule has 80 valence electrons. The molecule has 0 aliphatic rings. The van der Waals surface area contributed by atoms with Crippen molar-refractivity contribution in [3.8, 4) is 0 Å². The van der Waals surface area contributed by atoms with Crippen molar-refractivity contribution in [2.45, 2.75) is 18.6 Å². The summed E-state index contributed by atoms with van der Waals surface area (Å²) in [4.78, 5) is 0. The number of nitrogens with zero attached hydrogens (tertiary/aromatic N) is 2. The number of aromatic nitrogens is 2. The zero-order valence-electron chi connectivity index (χ0n) is 7.96. The molecule has 0 spiro atoms. The number of nitrogen functional groups attached to an aromatic ring is 1. The average Bonchev–Trinajstić information content (AvgIpc) is 2.47. The number of hydrogen-bond acceptors (Lipinski definition) is 5. The largest absolute Gasteiger partial charge is 0.390 e. The fourth-order valence-electron chi connectivity index (χ4n) is 1.19. The summed E-state index contributed by atoms with van der Waals surface area (Å²) in [5, 5.41) is 23.1. The van der Waals surface area contributed by atoms with Crippen LogP contribution >= 0.6 is 12.6 Å². The van der Waals surface area contributed by atoms with Crippen molar-refractivity contribution < 1.29 is 10.2 Å². The van der Waals surface area contributed by atoms with Gasteiger partial charge in [-0.1, -0.05) is 0 Å². The Morgan fingerprint density at radius 1 is 1.64 bits per heavy atom. The van der Waals surface area contributed by atoms with E-state index in [0.29, 0.717) is 23.6 Å². The molecule has 1 heterocycles. The Kier molecular flexibility index (Phi) is 3.79. The lowest BCUT2D eigenvalue weighted by molar-refractivity contribution is 0.0176. The molecule has 0 aliphatic heterocycles. The molecule has 2 atom stereocenters. The normalized spacial score (nSPS) is 15.4. The summed E-state index contributed by atoms with van der Waals surface area (Å²) in [5.74, 6) is 0.883. The van der Waals surface area contributed by atoms with Gasteiger partial charge in [0.2, 0.25) is 0 Å². The molecule has 5 nitrogen and oxygen atoms in total. The molecule has 0 fully saturated rings. The Labute approximate surface area is 87.9 Å². The van der Waals surface area contributed by atoms with Crippen molar-refractivity contribution in [1.82, 2.24) is 9.78 Å². The average molecular weight is 217 g/mol. The summed E-state index contributed by atoms with van der Waals surface area (Å²) in [7, 11) is 1.68. The number of anilines is 1. The number of aryl methyl sites for hydroxylation is 1. The summed E-state index contributed by atoms with van der Waals surface area (Å²) in [5.41, 5.74) is 6.11. The van der Waals surface area contributed by atoms with Crippen LogP contribution in [-0.2, 0) is 7.05 Å². The topological polar surface area (TPSA) is 84.3 Å². The Bertz CT molecular complexity index is 303. The van der Waals surface area contributed by atoms with E-state index < -0.39 is 12.2 Å². The van der Waals surface area contributed by atoms with Gasteiger partial charge in [0.05, 0.1) is 12.3 Å². The number of aliphatic hydroxyl groups excluding tert-OH is 2. The van der Waals surface area contributed by atoms with Crippen LogP contribution in [-0.4, -0.2) is 31.9 Å². The van der Waals surface area contributed by atoms with Crippen LogP contribution in [0.5, 0.6) is 0 Å². The molecule has 0 bridgehead atoms. The number of thiol groups is 1. The first-order chi connectivity index (χ1) is 6.57. The summed E-state index contributed by atoms with van der Waals surface area (Å²) in [6, 6.07) is 0. The molecule has 1 aromatic heterocycles. The van der Waals surface area contributed by atoms with E-state index in [1.165, 1.54) is 10.9 Å². The molecule has 1 aromatic rings. The summed E-state index contributed by atoms with van der Waals surface area (Å²) in [6.45, 7) is 0. The lowest BCUT2D eigenvalue weighted by atomic mass is 10.1. The number of nitrogens with two attached hydrogens (primary N) is 1. The number of rotatable bonds is 4. The van der Waals surface area contributed by atoms with E-state index in [1.54, 1.807) is 7.05 Å². The molecule has 0 aromatic carbocycles. The van der Waals surface area contributed by atoms with Crippen molar-refractivity contribution in [1.29, 1.82) is 0 Å². The Balaban J connectivity index is 2.78. The van der Waals surface area contributed by atoms with Crippen LogP contribution in [0.4, 0.5) is 5.82 Å². The minimum Gasteiger partial charge on any atom is -0.390 e. The molecule has 14 heavy (non-hydrogen) atoms. The van der Waals surface area contributed by atoms with Crippen LogP contribution in [0.1, 0.15) is 18.1 Å². The molecule has 6 heteroatoms. The van der Waals surface area contributed by atoms with Crippen molar-refractivity contribution >= 4 is 18.4 Å². The third-order valence-electron chi connectivity index (χ3n) is 2.12. The fourth-order valence-corrected chi connectivity index (χ4v) is 1.45. The van der Waals surface area contributed by atoms with E-state index in [1.807, 2.05) is 0 Å². The molecule has 2 unspecified atom stereocenters. The molecule has 0 amide bonds. The zero-order chi connectivity index (χ0) is 10.7. The number of aliphatic hydroxyl groups is 2. The van der Waals surface area contributed by atoms with Gasteiger partial charge in [0.25, 0.3) is 0 Å². The first-order valence-corrected chi connectivity index (χ1v) is 4.95. The van der Waals surface area contributed by atoms with Crippen LogP contribution in [0.15, 0.2) is 6.20 Å². The van der Waals surface area contributed by atoms with E-state index in [0.717, 1.165) is 0 Å². The van der Waals surface area contributed by atoms with Gasteiger partial charge >= 0.3 is 0 Å². The maximum atomic E-state index is 9.70. The van der Waals surface area contributed by atoms with E-state index in [-0.39, 0.29) is 0 Å². The lowest BCUT2D eigenvalue weighted by Gasteiger charge is -2.16. The van der Waals surface area contributed by atoms with Gasteiger partial charge in [-0.2, -0.15) is 17.7 Å². The minimum absolute atomic E-state index is 0.371. The minimum atomic E-state index is -0.990. The van der Waals surface area contributed by atoms with Gasteiger partial charge in [0.15, 0.2) is 0 Å². The standard InChI is InChI=1S/C8H15N3O2S/c1-11-8(9)5(4-10-11)7(13)6(12)2-3-14/h4,6-7,12-14H,2-3,9H2,1H3. The van der Waals surface area contributed by atoms with E-state index >= 15 is 0 Å². The molecule has 0 radical (unpaired) electrons. The van der Waals surface area contributed by atoms with Gasteiger partial charge in [-0.05, 0) is 12.2 Å². The van der Waals surface area contributed by atoms with Gasteiger partial charge in [-0.15, -0.1) is 0 Å². The van der Waals surface area contributed by atoms with Gasteiger partial charge in [0, 0.05) is 12.6 Å². The van der Waals surface area contributed by atoms with Gasteiger partial charge in [-0.25, -0.2) is 0 Å². The Hall–Kier alpha value is -0.720. The first-order valence-electron chi connectivity index (χ1n) is 4.32. The second-order valence-corrected chi connectivity index (χ2v) is 3.58. The van der Waals surface area contributed by atoms with Gasteiger partial charge in [0.1, 0.15) is 11.9 Å². The van der Waals surface area contributed by atoms with E-state index in [2.05, 4.69) is 17.7 Å². The number of hydrogen-bond donors (Lipinski definition) is 4.